The van der Waals surface area contributed by atoms with Crippen molar-refractivity contribution in [3.05, 3.63) is 68.8 Å². The first kappa shape index (κ1) is 17.5. The molecule has 12 nitrogen and oxygen atoms in total. The van der Waals surface area contributed by atoms with Gasteiger partial charge in [-0.05, 0) is 18.2 Å². The number of anilines is 2. The monoisotopic (exact) mass is 368 g/mol. The maximum Gasteiger partial charge on any atom is 0.303 e. The van der Waals surface area contributed by atoms with Crippen molar-refractivity contribution < 1.29 is 9.85 Å². The second-order valence-electron chi connectivity index (χ2n) is 5.25. The quantitative estimate of drug-likeness (QED) is 0.393. The molecule has 0 atom stereocenters. The predicted molar refractivity (Wildman–Crippen MR) is 96.3 cm³/mol. The van der Waals surface area contributed by atoms with E-state index in [2.05, 4.69) is 15.3 Å². The van der Waals surface area contributed by atoms with Gasteiger partial charge in [0.1, 0.15) is 0 Å². The van der Waals surface area contributed by atoms with E-state index in [1.807, 2.05) is 6.07 Å². The first-order valence-corrected chi connectivity index (χ1v) is 7.42. The Balaban J connectivity index is 2.01. The van der Waals surface area contributed by atoms with Gasteiger partial charge in [0.15, 0.2) is 23.0 Å². The lowest BCUT2D eigenvalue weighted by atomic mass is 10.2. The molecule has 1 aromatic heterocycles. The van der Waals surface area contributed by atoms with E-state index in [-0.39, 0.29) is 23.0 Å². The number of nitrogens with two attached hydrogens (primary N) is 2. The Morgan fingerprint density at radius 3 is 2.30 bits per heavy atom. The summed E-state index contributed by atoms with van der Waals surface area (Å²) in [6.07, 6.45) is 0. The Hall–Kier alpha value is -4.35. The molecule has 0 amide bonds. The third-order valence-electron chi connectivity index (χ3n) is 3.55. The Morgan fingerprint density at radius 2 is 1.67 bits per heavy atom. The summed E-state index contributed by atoms with van der Waals surface area (Å²) in [4.78, 5) is 20.4. The molecule has 0 aliphatic heterocycles. The van der Waals surface area contributed by atoms with Crippen molar-refractivity contribution in [2.75, 3.05) is 11.5 Å². The number of aromatic nitrogens is 2. The number of nitro benzene ring substituents is 2. The number of non-ortho nitro benzene ring substituents is 1. The highest BCUT2D eigenvalue weighted by atomic mass is 16.6. The van der Waals surface area contributed by atoms with Gasteiger partial charge in [0.05, 0.1) is 21.6 Å². The molecular formula is C15H12N8O4. The van der Waals surface area contributed by atoms with Crippen LogP contribution in [0.1, 0.15) is 0 Å². The zero-order valence-corrected chi connectivity index (χ0v) is 13.6. The van der Waals surface area contributed by atoms with Gasteiger partial charge in [0.25, 0.3) is 5.69 Å². The van der Waals surface area contributed by atoms with Gasteiger partial charge in [-0.25, -0.2) is 4.68 Å². The predicted octanol–water partition coefficient (Wildman–Crippen LogP) is 3.27. The lowest BCUT2D eigenvalue weighted by Gasteiger charge is -2.02. The fraction of sp³-hybridized carbons (Fsp3) is 0. The third-order valence-corrected chi connectivity index (χ3v) is 3.55. The number of benzene rings is 2. The normalized spacial score (nSPS) is 11.0. The number of hydrogen-bond acceptors (Lipinski definition) is 9. The summed E-state index contributed by atoms with van der Waals surface area (Å²) in [5.74, 6) is 0.0664. The van der Waals surface area contributed by atoms with Crippen LogP contribution in [0, 0.1) is 20.2 Å². The van der Waals surface area contributed by atoms with E-state index in [4.69, 9.17) is 11.5 Å². The molecule has 0 saturated carbocycles. The molecule has 0 saturated heterocycles. The van der Waals surface area contributed by atoms with Crippen LogP contribution in [-0.2, 0) is 0 Å². The maximum absolute atomic E-state index is 11.1. The standard InChI is InChI=1S/C15H12N8O4/c16-14-13(15(17)21(20-14)9-4-2-1-3-5-9)19-18-11-7-6-10(22(24)25)8-12(11)23(26)27/h1-8H,17H2,(H2,16,20). The van der Waals surface area contributed by atoms with Gasteiger partial charge < -0.3 is 11.5 Å². The minimum atomic E-state index is -0.790. The fourth-order valence-electron chi connectivity index (χ4n) is 2.27. The van der Waals surface area contributed by atoms with Crippen LogP contribution < -0.4 is 11.5 Å². The minimum Gasteiger partial charge on any atom is -0.382 e. The largest absolute Gasteiger partial charge is 0.382 e. The van der Waals surface area contributed by atoms with Crippen LogP contribution in [0.4, 0.5) is 34.4 Å². The number of nitrogens with zero attached hydrogens (tertiary/aromatic N) is 6. The molecule has 3 aromatic rings. The van der Waals surface area contributed by atoms with E-state index >= 15 is 0 Å². The van der Waals surface area contributed by atoms with Crippen LogP contribution in [-0.4, -0.2) is 19.6 Å². The molecule has 27 heavy (non-hydrogen) atoms. The van der Waals surface area contributed by atoms with Gasteiger partial charge in [0.2, 0.25) is 0 Å². The number of rotatable bonds is 5. The van der Waals surface area contributed by atoms with Crippen molar-refractivity contribution in [1.82, 2.24) is 9.78 Å². The molecule has 0 fully saturated rings. The van der Waals surface area contributed by atoms with E-state index in [1.165, 1.54) is 4.68 Å². The van der Waals surface area contributed by atoms with E-state index in [0.29, 0.717) is 5.69 Å². The van der Waals surface area contributed by atoms with Gasteiger partial charge in [-0.1, -0.05) is 18.2 Å². The highest BCUT2D eigenvalue weighted by molar-refractivity contribution is 5.73. The van der Waals surface area contributed by atoms with Crippen LogP contribution in [0.3, 0.4) is 0 Å². The van der Waals surface area contributed by atoms with E-state index in [9.17, 15) is 20.2 Å². The molecule has 0 bridgehead atoms. The number of nitrogen functional groups attached to an aromatic ring is 2. The average molecular weight is 368 g/mol. The molecular weight excluding hydrogens is 356 g/mol. The van der Waals surface area contributed by atoms with Crippen molar-refractivity contribution in [1.29, 1.82) is 0 Å². The molecule has 0 spiro atoms. The summed E-state index contributed by atoms with van der Waals surface area (Å²) in [7, 11) is 0. The lowest BCUT2D eigenvalue weighted by molar-refractivity contribution is -0.393. The lowest BCUT2D eigenvalue weighted by Crippen LogP contribution is -2.01. The number of hydrogen-bond donors (Lipinski definition) is 2. The Labute approximate surface area is 151 Å². The summed E-state index contributed by atoms with van der Waals surface area (Å²) in [6.45, 7) is 0. The van der Waals surface area contributed by atoms with Crippen molar-refractivity contribution in [2.45, 2.75) is 0 Å². The molecule has 12 heteroatoms. The molecule has 4 N–H and O–H groups in total. The Morgan fingerprint density at radius 1 is 0.963 bits per heavy atom. The first-order chi connectivity index (χ1) is 12.9. The van der Waals surface area contributed by atoms with Crippen molar-refractivity contribution in [3.63, 3.8) is 0 Å². The minimum absolute atomic E-state index is 0.0235. The zero-order chi connectivity index (χ0) is 19.6. The molecule has 2 aromatic carbocycles. The number of para-hydroxylation sites is 1. The average Bonchev–Trinajstić information content (AvgIpc) is 2.94. The smallest absolute Gasteiger partial charge is 0.303 e. The summed E-state index contributed by atoms with van der Waals surface area (Å²) >= 11 is 0. The van der Waals surface area contributed by atoms with Gasteiger partial charge in [-0.15, -0.1) is 15.3 Å². The highest BCUT2D eigenvalue weighted by Gasteiger charge is 2.20. The topological polar surface area (TPSA) is 181 Å². The number of azo groups is 1. The molecule has 0 unspecified atom stereocenters. The maximum atomic E-state index is 11.1. The van der Waals surface area contributed by atoms with E-state index in [1.54, 1.807) is 24.3 Å². The summed E-state index contributed by atoms with van der Waals surface area (Å²) < 4.78 is 1.36. The zero-order valence-electron chi connectivity index (χ0n) is 13.6. The first-order valence-electron chi connectivity index (χ1n) is 7.42. The molecule has 136 valence electrons. The van der Waals surface area contributed by atoms with E-state index in [0.717, 1.165) is 18.2 Å². The van der Waals surface area contributed by atoms with Crippen LogP contribution in [0.5, 0.6) is 0 Å². The molecule has 0 radical (unpaired) electrons. The summed E-state index contributed by atoms with van der Waals surface area (Å²) in [5, 5.41) is 33.6. The molecule has 1 heterocycles. The molecule has 0 aliphatic carbocycles. The van der Waals surface area contributed by atoms with Gasteiger partial charge in [0, 0.05) is 6.07 Å². The van der Waals surface area contributed by atoms with E-state index < -0.39 is 21.2 Å². The van der Waals surface area contributed by atoms with Gasteiger partial charge >= 0.3 is 5.69 Å². The van der Waals surface area contributed by atoms with Gasteiger partial charge in [-0.3, -0.25) is 20.2 Å². The van der Waals surface area contributed by atoms with Crippen LogP contribution in [0.2, 0.25) is 0 Å². The Bertz CT molecular complexity index is 1060. The third kappa shape index (κ3) is 3.39. The SMILES string of the molecule is Nc1nn(-c2ccccc2)c(N)c1N=Nc1ccc([N+](=O)[O-])cc1[N+](=O)[O-]. The summed E-state index contributed by atoms with van der Waals surface area (Å²) in [5.41, 5.74) is 11.3. The van der Waals surface area contributed by atoms with Crippen LogP contribution >= 0.6 is 0 Å². The second-order valence-corrected chi connectivity index (χ2v) is 5.25. The summed E-state index contributed by atoms with van der Waals surface area (Å²) in [6, 6.07) is 11.9. The Kier molecular flexibility index (Phi) is 4.45. The number of nitro groups is 2. The van der Waals surface area contributed by atoms with Gasteiger partial charge in [-0.2, -0.15) is 0 Å². The van der Waals surface area contributed by atoms with Crippen molar-refractivity contribution >= 4 is 34.4 Å². The van der Waals surface area contributed by atoms with Crippen molar-refractivity contribution in [3.8, 4) is 5.69 Å². The van der Waals surface area contributed by atoms with Crippen LogP contribution in [0.25, 0.3) is 5.69 Å². The fourth-order valence-corrected chi connectivity index (χ4v) is 2.27. The molecule has 0 aliphatic rings. The highest BCUT2D eigenvalue weighted by Crippen LogP contribution is 2.36. The molecule has 3 rings (SSSR count). The van der Waals surface area contributed by atoms with Crippen LogP contribution in [0.15, 0.2) is 58.8 Å². The van der Waals surface area contributed by atoms with Crippen molar-refractivity contribution in [2.24, 2.45) is 10.2 Å². The second kappa shape index (κ2) is 6.87.